The number of rotatable bonds is 17. The number of piperazine rings is 3. The Kier molecular flexibility index (Phi) is 40.7. The molecule has 3 fully saturated rings. The molecular formula is C85H106ClF3N12O12P3Pt. The minimum absolute atomic E-state index is 0. The molecule has 0 atom stereocenters. The van der Waals surface area contributed by atoms with Gasteiger partial charge >= 0.3 is 33.3 Å². The Balaban J connectivity index is 0.000000290. The number of primary amides is 2. The van der Waals surface area contributed by atoms with Crippen LogP contribution in [-0.4, -0.2) is 198 Å². The molecule has 0 spiro atoms. The third kappa shape index (κ3) is 36.6. The van der Waals surface area contributed by atoms with Gasteiger partial charge in [-0.25, -0.2) is 37.7 Å². The van der Waals surface area contributed by atoms with E-state index >= 15 is 0 Å². The Morgan fingerprint density at radius 3 is 0.966 bits per heavy atom. The zero-order valence-corrected chi connectivity index (χ0v) is 74.0. The predicted octanol–water partition coefficient (Wildman–Crippen LogP) is 16.0. The second-order valence-corrected chi connectivity index (χ2v) is 34.8. The van der Waals surface area contributed by atoms with E-state index in [0.717, 1.165) is 66.1 Å². The van der Waals surface area contributed by atoms with Crippen LogP contribution in [0.2, 0.25) is 0 Å². The standard InChI is InChI=1S/C28H31FN4O4.C28H29FN4O3.C23H23FN4O2.3C2H7OP.ClH.Pt.H/c1-28(2,3)37-27(35)33-14-12-32(13-15-33)18-19-16-24(31-25(17-19)26(30)34)20-4-8-22(9-5-20)36-23-10-6-21(29)7-11-23;1-28(2,3)36-27(34)33-14-12-32(13-15-33)19-20-16-23(18-30)31-26(17-20)21-4-8-24(9-5-21)35-25-10-6-22(29)7-11-25;24-18-3-7-20(8-4-18)30-19-5-1-17(2-6-19)21-13-16(14-22(27-21)23(25)29)15-28-11-9-26-10-12-28;3*1-4(2)3;;;/h4-11,16-17H,12-15,18H2,1-3H3,(H2,30,34);4-11,16-17H,12-15,19H2,1-3H3;1-8,13-14,26H,9-12,15H2,(H2,25,29);2*4H,1-2H3;3H,1-2H3;1H;;. The average molecular weight is 1870 g/mol. The van der Waals surface area contributed by atoms with E-state index in [2.05, 4.69) is 41.0 Å². The van der Waals surface area contributed by atoms with Crippen LogP contribution in [0.1, 0.15) is 84.9 Å². The minimum atomic E-state index is -1.13. The van der Waals surface area contributed by atoms with E-state index in [1.165, 1.54) is 36.4 Å². The first-order chi connectivity index (χ1) is 54.5. The Hall–Kier alpha value is -9.40. The van der Waals surface area contributed by atoms with Crippen molar-refractivity contribution in [3.63, 3.8) is 0 Å². The van der Waals surface area contributed by atoms with Crippen molar-refractivity contribution in [3.8, 4) is 74.3 Å². The molecule has 631 valence electrons. The number of ether oxygens (including phenoxy) is 5. The summed E-state index contributed by atoms with van der Waals surface area (Å²) in [7, 11) is -2.88. The third-order valence-corrected chi connectivity index (χ3v) is 16.3. The van der Waals surface area contributed by atoms with Crippen LogP contribution in [0.25, 0.3) is 33.8 Å². The predicted molar refractivity (Wildman–Crippen MR) is 456 cm³/mol. The van der Waals surface area contributed by atoms with Gasteiger partial charge < -0.3 is 64.3 Å². The monoisotopic (exact) mass is 1870 g/mol. The van der Waals surface area contributed by atoms with Crippen molar-refractivity contribution in [2.75, 3.05) is 119 Å². The fourth-order valence-electron chi connectivity index (χ4n) is 11.3. The summed E-state index contributed by atoms with van der Waals surface area (Å²) in [4.78, 5) is 80.2. The van der Waals surface area contributed by atoms with Gasteiger partial charge in [0.15, 0.2) is 0 Å². The maximum absolute atomic E-state index is 13.1. The molecule has 3 aliphatic rings. The zero-order chi connectivity index (χ0) is 83.9. The van der Waals surface area contributed by atoms with Gasteiger partial charge in [-0.2, -0.15) is 5.26 Å². The van der Waals surface area contributed by atoms with Crippen molar-refractivity contribution < 1.29 is 91.1 Å². The van der Waals surface area contributed by atoms with E-state index in [0.29, 0.717) is 123 Å². The summed E-state index contributed by atoms with van der Waals surface area (Å²) >= 11 is 0. The summed E-state index contributed by atoms with van der Waals surface area (Å²) in [6.45, 7) is 32.5. The number of halogens is 4. The number of nitriles is 1. The first kappa shape index (κ1) is 98.2. The molecule has 32 heteroatoms. The molecule has 0 aliphatic carbocycles. The molecule has 117 heavy (non-hydrogen) atoms. The Morgan fingerprint density at radius 1 is 0.462 bits per heavy atom. The second kappa shape index (κ2) is 48.5. The summed E-state index contributed by atoms with van der Waals surface area (Å²) in [5.74, 6) is 1.34. The summed E-state index contributed by atoms with van der Waals surface area (Å²) in [6, 6.07) is 52.8. The summed E-state index contributed by atoms with van der Waals surface area (Å²) in [6.07, 6.45) is -0.590. The van der Waals surface area contributed by atoms with Gasteiger partial charge in [-0.15, -0.1) is 12.4 Å². The number of hydrogen-bond donors (Lipinski definition) is 4. The molecule has 3 aliphatic heterocycles. The normalized spacial score (nSPS) is 13.5. The first-order valence-corrected chi connectivity index (χ1v) is 44.3. The van der Waals surface area contributed by atoms with Gasteiger partial charge in [0.25, 0.3) is 11.8 Å². The molecule has 0 radical (unpaired) electrons. The topological polar surface area (TPSA) is 312 Å². The molecule has 12 rings (SSSR count). The fraction of sp³-hybridized carbons (Fsp3) is 0.341. The van der Waals surface area contributed by atoms with Crippen LogP contribution >= 0.6 is 36.2 Å². The zero-order valence-electron chi connectivity index (χ0n) is 67.9. The molecule has 6 N–H and O–H groups in total. The van der Waals surface area contributed by atoms with Crippen LogP contribution in [0.3, 0.4) is 0 Å². The third-order valence-electron chi connectivity index (χ3n) is 16.3. The number of carbonyl (C=O) groups is 4. The van der Waals surface area contributed by atoms with Gasteiger partial charge in [-0.3, -0.25) is 24.3 Å². The molecule has 9 aromatic rings. The summed E-state index contributed by atoms with van der Waals surface area (Å²) < 4.78 is 86.7. The van der Waals surface area contributed by atoms with Gasteiger partial charge in [0, 0.05) is 123 Å². The number of aromatic nitrogens is 3. The molecule has 0 saturated carbocycles. The van der Waals surface area contributed by atoms with Crippen molar-refractivity contribution in [1.82, 2.24) is 44.8 Å². The van der Waals surface area contributed by atoms with Gasteiger partial charge in [0.1, 0.15) is 86.3 Å². The van der Waals surface area contributed by atoms with Gasteiger partial charge in [-0.05, 0) is 280 Å². The SMILES string of the molecule is CC(C)(C)OC(=O)N1CCN(Cc2cc(C#N)nc(-c3ccc(Oc4ccc(F)cc4)cc3)c2)CC1.CC(C)(C)OC(=O)N1CCN(Cc2cc(C(N)=O)nc(-c3ccc(Oc4ccc(F)cc4)cc3)c2)CC1.CP(C)O.C[PH](C)=O.C[PH](C)=O.Cl.NC(=O)c1cc(CN2CCNCC2)cc(-c2ccc(Oc3ccc(F)cc3)cc2)n1.[PtH]. The summed E-state index contributed by atoms with van der Waals surface area (Å²) in [5, 5.41) is 12.9. The molecule has 3 aromatic heterocycles. The fourth-order valence-corrected chi connectivity index (χ4v) is 11.3. The van der Waals surface area contributed by atoms with Crippen LogP contribution in [0.15, 0.2) is 182 Å². The van der Waals surface area contributed by atoms with Gasteiger partial charge in [0.05, 0.1) is 32.7 Å². The summed E-state index contributed by atoms with van der Waals surface area (Å²) in [5.41, 5.74) is 18.2. The number of pyridine rings is 3. The van der Waals surface area contributed by atoms with Crippen LogP contribution in [0.4, 0.5) is 22.8 Å². The van der Waals surface area contributed by atoms with E-state index in [9.17, 15) is 46.7 Å². The number of carbonyl (C=O) groups excluding carboxylic acids is 4. The number of benzene rings is 6. The van der Waals surface area contributed by atoms with E-state index in [1.54, 1.807) is 117 Å². The number of nitrogens with zero attached hydrogens (tertiary/aromatic N) is 9. The molecule has 24 nitrogen and oxygen atoms in total. The van der Waals surface area contributed by atoms with Crippen molar-refractivity contribution in [2.45, 2.75) is 72.4 Å². The van der Waals surface area contributed by atoms with Gasteiger partial charge in [-0.1, -0.05) is 0 Å². The van der Waals surface area contributed by atoms with E-state index in [4.69, 9.17) is 40.0 Å². The molecule has 6 aromatic carbocycles. The number of nitrogens with one attached hydrogen (secondary N) is 1. The molecule has 6 heterocycles. The number of hydrogen-bond acceptors (Lipinski definition) is 20. The van der Waals surface area contributed by atoms with Crippen molar-refractivity contribution in [3.05, 3.63) is 233 Å². The quantitative estimate of drug-likeness (QED) is 0.0616. The van der Waals surface area contributed by atoms with E-state index in [1.807, 2.05) is 120 Å². The molecular weight excluding hydrogens is 1760 g/mol. The first-order valence-electron chi connectivity index (χ1n) is 37.3. The van der Waals surface area contributed by atoms with Crippen LogP contribution in [0.5, 0.6) is 34.5 Å². The van der Waals surface area contributed by atoms with E-state index < -0.39 is 46.8 Å². The molecule has 3 saturated heterocycles. The molecule has 4 amide bonds. The maximum atomic E-state index is 13.1. The number of nitrogens with two attached hydrogens (primary N) is 2. The van der Waals surface area contributed by atoms with Crippen molar-refractivity contribution in [1.29, 1.82) is 5.26 Å². The average Bonchev–Trinajstić information content (AvgIpc) is 0.827. The van der Waals surface area contributed by atoms with Crippen molar-refractivity contribution in [2.24, 2.45) is 11.5 Å². The van der Waals surface area contributed by atoms with E-state index in [-0.39, 0.29) is 74.5 Å². The number of amides is 4. The van der Waals surface area contributed by atoms with Crippen molar-refractivity contribution >= 4 is 60.2 Å². The Bertz CT molecular complexity index is 4700. The molecule has 0 bridgehead atoms. The molecule has 0 unspecified atom stereocenters. The van der Waals surface area contributed by atoms with Crippen LogP contribution in [0, 0.1) is 28.8 Å². The Labute approximate surface area is 706 Å². The van der Waals surface area contributed by atoms with Crippen LogP contribution < -0.4 is 31.0 Å². The van der Waals surface area contributed by atoms with Crippen LogP contribution in [-0.2, 0) is 59.3 Å². The second-order valence-electron chi connectivity index (χ2n) is 29.5. The van der Waals surface area contributed by atoms with Gasteiger partial charge in [0.2, 0.25) is 0 Å². The Morgan fingerprint density at radius 2 is 0.709 bits per heavy atom.